The molecule has 0 heterocycles. The molecule has 6 heteroatoms. The highest BCUT2D eigenvalue weighted by Gasteiger charge is 2.21. The average Bonchev–Trinajstić information content (AvgIpc) is 2.42. The Balaban J connectivity index is 2.84. The summed E-state index contributed by atoms with van der Waals surface area (Å²) in [6, 6.07) is 5.59. The highest BCUT2D eigenvalue weighted by molar-refractivity contribution is 5.94. The second-order valence-corrected chi connectivity index (χ2v) is 4.41. The number of rotatable bonds is 6. The lowest BCUT2D eigenvalue weighted by molar-refractivity contribution is -0.140. The minimum Gasteiger partial charge on any atom is -0.469 e. The van der Waals surface area contributed by atoms with Crippen LogP contribution in [0.2, 0.25) is 0 Å². The normalized spacial score (nSPS) is 11.8. The Hall–Kier alpha value is -1.95. The van der Waals surface area contributed by atoms with Gasteiger partial charge in [-0.2, -0.15) is 0 Å². The number of ether oxygens (including phenoxy) is 1. The lowest BCUT2D eigenvalue weighted by Crippen LogP contribution is -2.38. The largest absolute Gasteiger partial charge is 0.469 e. The molecule has 0 aromatic heterocycles. The second kappa shape index (κ2) is 7.59. The first-order chi connectivity index (χ1) is 9.45. The Morgan fingerprint density at radius 1 is 1.40 bits per heavy atom. The van der Waals surface area contributed by atoms with Gasteiger partial charge in [-0.25, -0.2) is 4.39 Å². The molecule has 20 heavy (non-hydrogen) atoms. The molecule has 1 N–H and O–H groups in total. The van der Waals surface area contributed by atoms with E-state index >= 15 is 0 Å². The average molecular weight is 283 g/mol. The number of nitrogens with zero attached hydrogens (tertiary/aromatic N) is 1. The number of aliphatic hydroxyl groups is 1. The zero-order valence-corrected chi connectivity index (χ0v) is 11.5. The summed E-state index contributed by atoms with van der Waals surface area (Å²) >= 11 is 0. The molecule has 1 unspecified atom stereocenters. The molecule has 1 aromatic carbocycles. The van der Waals surface area contributed by atoms with Crippen LogP contribution < -0.4 is 0 Å². The van der Waals surface area contributed by atoms with E-state index in [0.29, 0.717) is 0 Å². The van der Waals surface area contributed by atoms with Gasteiger partial charge in [0.2, 0.25) is 0 Å². The zero-order valence-electron chi connectivity index (χ0n) is 11.5. The number of hydrogen-bond acceptors (Lipinski definition) is 4. The second-order valence-electron chi connectivity index (χ2n) is 4.41. The summed E-state index contributed by atoms with van der Waals surface area (Å²) in [4.78, 5) is 24.6. The minimum atomic E-state index is -0.775. The van der Waals surface area contributed by atoms with Crippen LogP contribution in [-0.2, 0) is 9.53 Å². The quantitative estimate of drug-likeness (QED) is 0.797. The molecule has 0 aliphatic heterocycles. The SMILES string of the molecule is COC(=O)CCN(CC(C)O)C(=O)c1ccccc1F. The molecule has 0 aliphatic carbocycles. The van der Waals surface area contributed by atoms with Gasteiger partial charge in [-0.05, 0) is 19.1 Å². The molecule has 0 bridgehead atoms. The molecule has 0 fully saturated rings. The fraction of sp³-hybridized carbons (Fsp3) is 0.429. The van der Waals surface area contributed by atoms with E-state index in [4.69, 9.17) is 0 Å². The summed E-state index contributed by atoms with van der Waals surface area (Å²) < 4.78 is 18.1. The van der Waals surface area contributed by atoms with E-state index in [9.17, 15) is 19.1 Å². The predicted molar refractivity (Wildman–Crippen MR) is 70.6 cm³/mol. The fourth-order valence-corrected chi connectivity index (χ4v) is 1.73. The van der Waals surface area contributed by atoms with Gasteiger partial charge in [0.25, 0.3) is 5.91 Å². The highest BCUT2D eigenvalue weighted by atomic mass is 19.1. The van der Waals surface area contributed by atoms with Gasteiger partial charge < -0.3 is 14.7 Å². The monoisotopic (exact) mass is 283 g/mol. The van der Waals surface area contributed by atoms with Crippen LogP contribution in [0.5, 0.6) is 0 Å². The van der Waals surface area contributed by atoms with Crippen molar-refractivity contribution in [2.75, 3.05) is 20.2 Å². The van der Waals surface area contributed by atoms with E-state index in [1.165, 1.54) is 37.1 Å². The summed E-state index contributed by atoms with van der Waals surface area (Å²) in [6.45, 7) is 1.59. The maximum absolute atomic E-state index is 13.6. The Labute approximate surface area is 117 Å². The van der Waals surface area contributed by atoms with Crippen molar-refractivity contribution >= 4 is 11.9 Å². The molecular formula is C14H18FNO4. The van der Waals surface area contributed by atoms with Crippen molar-refractivity contribution < 1.29 is 23.8 Å². The zero-order chi connectivity index (χ0) is 15.1. The molecule has 110 valence electrons. The molecule has 0 saturated heterocycles. The van der Waals surface area contributed by atoms with Crippen LogP contribution in [0.4, 0.5) is 4.39 Å². The standard InChI is InChI=1S/C14H18FNO4/c1-10(17)9-16(8-7-13(18)20-2)14(19)11-5-3-4-6-12(11)15/h3-6,10,17H,7-9H2,1-2H3. The predicted octanol–water partition coefficient (Wildman–Crippen LogP) is 1.21. The summed E-state index contributed by atoms with van der Waals surface area (Å²) in [5.74, 6) is -1.67. The molecule has 0 saturated carbocycles. The summed E-state index contributed by atoms with van der Waals surface area (Å²) in [5.41, 5.74) is -0.0852. The number of halogens is 1. The smallest absolute Gasteiger partial charge is 0.307 e. The molecular weight excluding hydrogens is 265 g/mol. The van der Waals surface area contributed by atoms with E-state index in [-0.39, 0.29) is 25.1 Å². The van der Waals surface area contributed by atoms with Crippen LogP contribution in [0.1, 0.15) is 23.7 Å². The maximum Gasteiger partial charge on any atom is 0.307 e. The number of hydrogen-bond donors (Lipinski definition) is 1. The van der Waals surface area contributed by atoms with Gasteiger partial charge in [-0.15, -0.1) is 0 Å². The molecule has 1 aromatic rings. The summed E-state index contributed by atoms with van der Waals surface area (Å²) in [7, 11) is 1.25. The number of carbonyl (C=O) groups excluding carboxylic acids is 2. The van der Waals surface area contributed by atoms with Crippen molar-refractivity contribution in [1.29, 1.82) is 0 Å². The molecule has 1 rings (SSSR count). The third-order valence-electron chi connectivity index (χ3n) is 2.69. The van der Waals surface area contributed by atoms with Crippen LogP contribution in [0.25, 0.3) is 0 Å². The molecule has 5 nitrogen and oxygen atoms in total. The topological polar surface area (TPSA) is 66.8 Å². The van der Waals surface area contributed by atoms with Crippen molar-refractivity contribution in [3.8, 4) is 0 Å². The first kappa shape index (κ1) is 16.1. The molecule has 1 amide bonds. The third kappa shape index (κ3) is 4.62. The number of methoxy groups -OCH3 is 1. The van der Waals surface area contributed by atoms with Crippen molar-refractivity contribution in [2.24, 2.45) is 0 Å². The van der Waals surface area contributed by atoms with Gasteiger partial charge in [0.15, 0.2) is 0 Å². The van der Waals surface area contributed by atoms with Gasteiger partial charge in [0, 0.05) is 13.1 Å². The highest BCUT2D eigenvalue weighted by Crippen LogP contribution is 2.11. The number of benzene rings is 1. The molecule has 1 atom stereocenters. The lowest BCUT2D eigenvalue weighted by Gasteiger charge is -2.23. The Morgan fingerprint density at radius 2 is 2.05 bits per heavy atom. The maximum atomic E-state index is 13.6. The Morgan fingerprint density at radius 3 is 2.60 bits per heavy atom. The van der Waals surface area contributed by atoms with Crippen molar-refractivity contribution in [3.63, 3.8) is 0 Å². The third-order valence-corrected chi connectivity index (χ3v) is 2.69. The van der Waals surface area contributed by atoms with Gasteiger partial charge >= 0.3 is 5.97 Å². The van der Waals surface area contributed by atoms with Crippen LogP contribution in [-0.4, -0.2) is 48.2 Å². The summed E-state index contributed by atoms with van der Waals surface area (Å²) in [6.07, 6.45) is -0.785. The van der Waals surface area contributed by atoms with Crippen molar-refractivity contribution in [1.82, 2.24) is 4.90 Å². The van der Waals surface area contributed by atoms with E-state index in [2.05, 4.69) is 4.74 Å². The Kier molecular flexibility index (Phi) is 6.11. The number of aliphatic hydroxyl groups excluding tert-OH is 1. The number of amides is 1. The van der Waals surface area contributed by atoms with Gasteiger partial charge in [0.1, 0.15) is 5.82 Å². The lowest BCUT2D eigenvalue weighted by atomic mass is 10.1. The van der Waals surface area contributed by atoms with Gasteiger partial charge in [-0.3, -0.25) is 9.59 Å². The van der Waals surface area contributed by atoms with Gasteiger partial charge in [-0.1, -0.05) is 12.1 Å². The number of carbonyl (C=O) groups is 2. The van der Waals surface area contributed by atoms with Crippen LogP contribution >= 0.6 is 0 Å². The van der Waals surface area contributed by atoms with E-state index < -0.39 is 23.8 Å². The van der Waals surface area contributed by atoms with Crippen molar-refractivity contribution in [2.45, 2.75) is 19.4 Å². The first-order valence-electron chi connectivity index (χ1n) is 6.24. The van der Waals surface area contributed by atoms with Crippen molar-refractivity contribution in [3.05, 3.63) is 35.6 Å². The molecule has 0 radical (unpaired) electrons. The van der Waals surface area contributed by atoms with E-state index in [1.54, 1.807) is 6.07 Å². The minimum absolute atomic E-state index is 0.0105. The summed E-state index contributed by atoms with van der Waals surface area (Å²) in [5, 5.41) is 9.41. The number of esters is 1. The van der Waals surface area contributed by atoms with Crippen LogP contribution in [0, 0.1) is 5.82 Å². The van der Waals surface area contributed by atoms with E-state index in [0.717, 1.165) is 0 Å². The first-order valence-corrected chi connectivity index (χ1v) is 6.24. The van der Waals surface area contributed by atoms with Crippen LogP contribution in [0.15, 0.2) is 24.3 Å². The van der Waals surface area contributed by atoms with Gasteiger partial charge in [0.05, 0.1) is 25.2 Å². The molecule has 0 aliphatic rings. The van der Waals surface area contributed by atoms with E-state index in [1.807, 2.05) is 0 Å². The fourth-order valence-electron chi connectivity index (χ4n) is 1.73. The Bertz CT molecular complexity index is 476. The molecule has 0 spiro atoms. The van der Waals surface area contributed by atoms with Crippen LogP contribution in [0.3, 0.4) is 0 Å².